The van der Waals surface area contributed by atoms with Crippen LogP contribution in [0.3, 0.4) is 0 Å². The van der Waals surface area contributed by atoms with Gasteiger partial charge in [-0.05, 0) is 32.4 Å². The number of halogens is 1. The molecule has 0 bridgehead atoms. The van der Waals surface area contributed by atoms with Gasteiger partial charge < -0.3 is 4.74 Å². The van der Waals surface area contributed by atoms with Crippen LogP contribution in [0.5, 0.6) is 0 Å². The molecule has 0 unspecified atom stereocenters. The second-order valence-electron chi connectivity index (χ2n) is 5.96. The van der Waals surface area contributed by atoms with E-state index in [2.05, 4.69) is 4.98 Å². The van der Waals surface area contributed by atoms with E-state index in [9.17, 15) is 14.0 Å². The number of esters is 1. The van der Waals surface area contributed by atoms with E-state index < -0.39 is 5.97 Å². The van der Waals surface area contributed by atoms with E-state index in [0.717, 1.165) is 11.3 Å². The first-order valence-corrected chi connectivity index (χ1v) is 8.63. The largest absolute Gasteiger partial charge is 0.459 e. The van der Waals surface area contributed by atoms with Crippen molar-refractivity contribution in [2.45, 2.75) is 33.4 Å². The number of nitrogens with zero attached hydrogens (tertiary/aromatic N) is 2. The molecule has 0 aliphatic heterocycles. The van der Waals surface area contributed by atoms with Gasteiger partial charge in [0.15, 0.2) is 0 Å². The van der Waals surface area contributed by atoms with Crippen LogP contribution in [0.15, 0.2) is 35.4 Å². The van der Waals surface area contributed by atoms with E-state index in [1.54, 1.807) is 39.0 Å². The summed E-state index contributed by atoms with van der Waals surface area (Å²) >= 11 is 1.13. The molecule has 0 fully saturated rings. The van der Waals surface area contributed by atoms with Gasteiger partial charge in [0.05, 0.1) is 24.4 Å². The van der Waals surface area contributed by atoms with E-state index in [4.69, 9.17) is 4.74 Å². The summed E-state index contributed by atoms with van der Waals surface area (Å²) in [5, 5.41) is 0.375. The van der Waals surface area contributed by atoms with Crippen LogP contribution in [0.4, 0.5) is 4.39 Å². The highest BCUT2D eigenvalue weighted by Crippen LogP contribution is 2.27. The fourth-order valence-electron chi connectivity index (χ4n) is 2.54. The average Bonchev–Trinajstić information content (AvgIpc) is 2.89. The lowest BCUT2D eigenvalue weighted by atomic mass is 10.2. The topological polar surface area (TPSA) is 61.2 Å². The molecular weight excluding hydrogens is 343 g/mol. The van der Waals surface area contributed by atoms with Gasteiger partial charge in [-0.25, -0.2) is 14.2 Å². The molecule has 0 saturated carbocycles. The summed E-state index contributed by atoms with van der Waals surface area (Å²) in [6.45, 7) is 5.31. The number of thiophene rings is 1. The van der Waals surface area contributed by atoms with Crippen LogP contribution in [0, 0.1) is 12.7 Å². The smallest absolute Gasteiger partial charge is 0.348 e. The molecule has 0 aliphatic rings. The Hall–Kier alpha value is -2.54. The first-order chi connectivity index (χ1) is 11.9. The Bertz CT molecular complexity index is 1010. The van der Waals surface area contributed by atoms with E-state index in [1.807, 2.05) is 0 Å². The summed E-state index contributed by atoms with van der Waals surface area (Å²) in [7, 11) is 0. The van der Waals surface area contributed by atoms with Gasteiger partial charge in [0.25, 0.3) is 5.56 Å². The molecule has 0 spiro atoms. The molecule has 0 N–H and O–H groups in total. The molecule has 0 atom stereocenters. The lowest BCUT2D eigenvalue weighted by Crippen LogP contribution is -2.21. The van der Waals surface area contributed by atoms with E-state index in [-0.39, 0.29) is 24.0 Å². The minimum absolute atomic E-state index is 0.0789. The quantitative estimate of drug-likeness (QED) is 0.668. The maximum atomic E-state index is 13.8. The lowest BCUT2D eigenvalue weighted by Gasteiger charge is -2.07. The minimum Gasteiger partial charge on any atom is -0.459 e. The van der Waals surface area contributed by atoms with Gasteiger partial charge in [-0.15, -0.1) is 11.3 Å². The van der Waals surface area contributed by atoms with Crippen molar-refractivity contribution in [2.75, 3.05) is 0 Å². The molecule has 5 nitrogen and oxygen atoms in total. The van der Waals surface area contributed by atoms with Crippen LogP contribution in [-0.4, -0.2) is 21.6 Å². The zero-order chi connectivity index (χ0) is 18.1. The normalized spacial score (nSPS) is 11.2. The van der Waals surface area contributed by atoms with Crippen molar-refractivity contribution < 1.29 is 13.9 Å². The fraction of sp³-hybridized carbons (Fsp3) is 0.278. The summed E-state index contributed by atoms with van der Waals surface area (Å²) in [5.41, 5.74) is 0.648. The van der Waals surface area contributed by atoms with Gasteiger partial charge in [-0.2, -0.15) is 0 Å². The molecule has 25 heavy (non-hydrogen) atoms. The standard InChI is InChI=1S/C18H17FN2O3S/c1-10(2)24-18(23)15-11(3)14-16(25-15)20-9-21(17(14)22)8-12-6-4-5-7-13(12)19/h4-7,9-10H,8H2,1-3H3. The van der Waals surface area contributed by atoms with E-state index in [1.165, 1.54) is 17.0 Å². The van der Waals surface area contributed by atoms with Crippen LogP contribution < -0.4 is 5.56 Å². The Morgan fingerprint density at radius 2 is 2.08 bits per heavy atom. The molecule has 0 aliphatic carbocycles. The summed E-state index contributed by atoms with van der Waals surface area (Å²) in [4.78, 5) is 30.1. The Labute approximate surface area is 147 Å². The number of hydrogen-bond donors (Lipinski definition) is 0. The number of benzene rings is 1. The predicted molar refractivity (Wildman–Crippen MR) is 94.7 cm³/mol. The summed E-state index contributed by atoms with van der Waals surface area (Å²) in [6, 6.07) is 6.28. The zero-order valence-corrected chi connectivity index (χ0v) is 14.9. The van der Waals surface area contributed by atoms with Crippen LogP contribution >= 0.6 is 11.3 Å². The minimum atomic E-state index is -0.462. The molecule has 3 aromatic rings. The first-order valence-electron chi connectivity index (χ1n) is 7.81. The summed E-state index contributed by atoms with van der Waals surface area (Å²) in [6.07, 6.45) is 1.13. The zero-order valence-electron chi connectivity index (χ0n) is 14.1. The fourth-order valence-corrected chi connectivity index (χ4v) is 3.57. The predicted octanol–water partition coefficient (Wildman–Crippen LogP) is 3.52. The SMILES string of the molecule is Cc1c(C(=O)OC(C)C)sc2ncn(Cc3ccccc3F)c(=O)c12. The van der Waals surface area contributed by atoms with Crippen LogP contribution in [0.2, 0.25) is 0 Å². The van der Waals surface area contributed by atoms with Gasteiger partial charge in [-0.3, -0.25) is 9.36 Å². The molecule has 0 radical (unpaired) electrons. The molecule has 130 valence electrons. The molecule has 0 amide bonds. The number of aryl methyl sites for hydroxylation is 1. The third-order valence-corrected chi connectivity index (χ3v) is 4.92. The highest BCUT2D eigenvalue weighted by atomic mass is 32.1. The number of ether oxygens (including phenoxy) is 1. The molecular formula is C18H17FN2O3S. The van der Waals surface area contributed by atoms with Gasteiger partial charge in [0.1, 0.15) is 15.5 Å². The number of rotatable bonds is 4. The van der Waals surface area contributed by atoms with Gasteiger partial charge in [-0.1, -0.05) is 18.2 Å². The Balaban J connectivity index is 2.05. The Kier molecular flexibility index (Phi) is 4.67. The molecule has 2 heterocycles. The van der Waals surface area contributed by atoms with Gasteiger partial charge >= 0.3 is 5.97 Å². The summed E-state index contributed by atoms with van der Waals surface area (Å²) in [5.74, 6) is -0.840. The Morgan fingerprint density at radius 1 is 1.36 bits per heavy atom. The van der Waals surface area contributed by atoms with Crippen molar-refractivity contribution in [1.82, 2.24) is 9.55 Å². The van der Waals surface area contributed by atoms with Gasteiger partial charge in [0, 0.05) is 5.56 Å². The molecule has 0 saturated heterocycles. The first kappa shape index (κ1) is 17.3. The van der Waals surface area contributed by atoms with E-state index in [0.29, 0.717) is 26.2 Å². The van der Waals surface area contributed by atoms with E-state index >= 15 is 0 Å². The lowest BCUT2D eigenvalue weighted by molar-refractivity contribution is 0.0383. The van der Waals surface area contributed by atoms with Crippen molar-refractivity contribution in [2.24, 2.45) is 0 Å². The Morgan fingerprint density at radius 3 is 2.76 bits per heavy atom. The molecule has 3 rings (SSSR count). The second-order valence-corrected chi connectivity index (χ2v) is 6.96. The third kappa shape index (κ3) is 3.32. The monoisotopic (exact) mass is 360 g/mol. The number of carbonyl (C=O) groups excluding carboxylic acids is 1. The number of fused-ring (bicyclic) bond motifs is 1. The van der Waals surface area contributed by atoms with Crippen LogP contribution in [-0.2, 0) is 11.3 Å². The van der Waals surface area contributed by atoms with Crippen LogP contribution in [0.25, 0.3) is 10.2 Å². The molecule has 7 heteroatoms. The third-order valence-electron chi connectivity index (χ3n) is 3.74. The maximum Gasteiger partial charge on any atom is 0.348 e. The van der Waals surface area contributed by atoms with Crippen LogP contribution in [0.1, 0.15) is 34.6 Å². The highest BCUT2D eigenvalue weighted by Gasteiger charge is 2.21. The highest BCUT2D eigenvalue weighted by molar-refractivity contribution is 7.20. The number of carbonyl (C=O) groups is 1. The van der Waals surface area contributed by atoms with Crippen molar-refractivity contribution in [3.63, 3.8) is 0 Å². The average molecular weight is 360 g/mol. The molecule has 1 aromatic carbocycles. The van der Waals surface area contributed by atoms with Crippen molar-refractivity contribution in [1.29, 1.82) is 0 Å². The van der Waals surface area contributed by atoms with Crippen molar-refractivity contribution >= 4 is 27.5 Å². The number of aromatic nitrogens is 2. The molecule has 2 aromatic heterocycles. The second kappa shape index (κ2) is 6.76. The van der Waals surface area contributed by atoms with Crippen molar-refractivity contribution in [3.8, 4) is 0 Å². The van der Waals surface area contributed by atoms with Gasteiger partial charge in [0.2, 0.25) is 0 Å². The summed E-state index contributed by atoms with van der Waals surface area (Å²) < 4.78 is 20.4. The maximum absolute atomic E-state index is 13.8. The van der Waals surface area contributed by atoms with Crippen molar-refractivity contribution in [3.05, 3.63) is 62.8 Å². The number of hydrogen-bond acceptors (Lipinski definition) is 5.